The second-order valence-electron chi connectivity index (χ2n) is 4.81. The van der Waals surface area contributed by atoms with Gasteiger partial charge in [-0.25, -0.2) is 13.6 Å². The zero-order valence-corrected chi connectivity index (χ0v) is 10.8. The number of carboxylic acids is 1. The summed E-state index contributed by atoms with van der Waals surface area (Å²) >= 11 is 0. The third-order valence-corrected chi connectivity index (χ3v) is 2.79. The summed E-state index contributed by atoms with van der Waals surface area (Å²) in [6.07, 6.45) is 0. The van der Waals surface area contributed by atoms with Crippen LogP contribution in [0.5, 0.6) is 0 Å². The van der Waals surface area contributed by atoms with E-state index in [2.05, 4.69) is 5.32 Å². The van der Waals surface area contributed by atoms with Gasteiger partial charge in [0.1, 0.15) is 17.2 Å². The van der Waals surface area contributed by atoms with Gasteiger partial charge in [-0.15, -0.1) is 0 Å². The van der Waals surface area contributed by atoms with Crippen LogP contribution in [-0.2, 0) is 10.3 Å². The summed E-state index contributed by atoms with van der Waals surface area (Å²) in [6, 6.07) is 1.76. The molecular formula is C13H17F2NO2. The van der Waals surface area contributed by atoms with E-state index in [1.54, 1.807) is 13.8 Å². The molecule has 0 aromatic heterocycles. The molecule has 0 radical (unpaired) electrons. The lowest BCUT2D eigenvalue weighted by Gasteiger charge is -2.29. The number of aliphatic carboxylic acids is 1. The molecule has 3 nitrogen and oxygen atoms in total. The summed E-state index contributed by atoms with van der Waals surface area (Å²) in [7, 11) is 0. The first-order valence-corrected chi connectivity index (χ1v) is 5.65. The van der Waals surface area contributed by atoms with Crippen molar-refractivity contribution < 1.29 is 18.7 Å². The molecule has 1 atom stereocenters. The van der Waals surface area contributed by atoms with E-state index in [4.69, 9.17) is 0 Å². The van der Waals surface area contributed by atoms with E-state index in [9.17, 15) is 18.7 Å². The lowest BCUT2D eigenvalue weighted by molar-refractivity contribution is -0.145. The second kappa shape index (κ2) is 5.02. The van der Waals surface area contributed by atoms with Crippen LogP contribution in [0.2, 0.25) is 0 Å². The lowest BCUT2D eigenvalue weighted by Crippen LogP contribution is -2.50. The van der Waals surface area contributed by atoms with Crippen LogP contribution in [0, 0.1) is 18.6 Å². The van der Waals surface area contributed by atoms with Crippen LogP contribution < -0.4 is 5.32 Å². The number of benzene rings is 1. The summed E-state index contributed by atoms with van der Waals surface area (Å²) in [6.45, 7) is 6.23. The minimum Gasteiger partial charge on any atom is -0.480 e. The molecule has 2 N–H and O–H groups in total. The molecule has 0 saturated carbocycles. The van der Waals surface area contributed by atoms with Gasteiger partial charge in [-0.3, -0.25) is 5.32 Å². The molecule has 1 aromatic carbocycles. The summed E-state index contributed by atoms with van der Waals surface area (Å²) in [5.41, 5.74) is -1.72. The molecule has 18 heavy (non-hydrogen) atoms. The molecule has 1 unspecified atom stereocenters. The maximum atomic E-state index is 13.9. The standard InChI is InChI=1S/C13H17F2NO2/c1-7(2)16-13(4,12(17)18)9-6-10(14)8(3)5-11(9)15/h5-7,16H,1-4H3,(H,17,18). The Balaban J connectivity index is 3.39. The van der Waals surface area contributed by atoms with E-state index in [-0.39, 0.29) is 17.2 Å². The van der Waals surface area contributed by atoms with Crippen molar-refractivity contribution in [1.82, 2.24) is 5.32 Å². The van der Waals surface area contributed by atoms with Gasteiger partial charge in [-0.2, -0.15) is 0 Å². The van der Waals surface area contributed by atoms with Gasteiger partial charge in [-0.1, -0.05) is 0 Å². The molecule has 0 aliphatic carbocycles. The molecule has 0 aliphatic heterocycles. The van der Waals surface area contributed by atoms with Gasteiger partial charge in [0.05, 0.1) is 0 Å². The highest BCUT2D eigenvalue weighted by Crippen LogP contribution is 2.27. The summed E-state index contributed by atoms with van der Waals surface area (Å²) in [5.74, 6) is -2.60. The largest absolute Gasteiger partial charge is 0.480 e. The normalized spacial score (nSPS) is 14.6. The van der Waals surface area contributed by atoms with E-state index in [1.807, 2.05) is 0 Å². The number of halogens is 2. The zero-order chi connectivity index (χ0) is 14.1. The number of aryl methyl sites for hydroxylation is 1. The number of hydrogen-bond acceptors (Lipinski definition) is 2. The minimum atomic E-state index is -1.66. The van der Waals surface area contributed by atoms with Crippen LogP contribution in [0.15, 0.2) is 12.1 Å². The molecule has 0 bridgehead atoms. The fourth-order valence-electron chi connectivity index (χ4n) is 1.86. The average molecular weight is 257 g/mol. The monoisotopic (exact) mass is 257 g/mol. The van der Waals surface area contributed by atoms with Crippen LogP contribution in [-0.4, -0.2) is 17.1 Å². The Bertz CT molecular complexity index is 474. The van der Waals surface area contributed by atoms with Crippen molar-refractivity contribution in [3.63, 3.8) is 0 Å². The lowest BCUT2D eigenvalue weighted by atomic mass is 9.90. The highest BCUT2D eigenvalue weighted by molar-refractivity contribution is 5.80. The summed E-state index contributed by atoms with van der Waals surface area (Å²) in [4.78, 5) is 11.4. The first-order valence-electron chi connectivity index (χ1n) is 5.65. The third-order valence-electron chi connectivity index (χ3n) is 2.79. The second-order valence-corrected chi connectivity index (χ2v) is 4.81. The molecule has 1 rings (SSSR count). The highest BCUT2D eigenvalue weighted by Gasteiger charge is 2.38. The van der Waals surface area contributed by atoms with Crippen molar-refractivity contribution >= 4 is 5.97 Å². The Labute approximate surface area is 105 Å². The fraction of sp³-hybridized carbons (Fsp3) is 0.462. The van der Waals surface area contributed by atoms with Crippen LogP contribution in [0.3, 0.4) is 0 Å². The van der Waals surface area contributed by atoms with Gasteiger partial charge < -0.3 is 5.11 Å². The topological polar surface area (TPSA) is 49.3 Å². The molecular weight excluding hydrogens is 240 g/mol. The van der Waals surface area contributed by atoms with Crippen LogP contribution in [0.4, 0.5) is 8.78 Å². The van der Waals surface area contributed by atoms with Gasteiger partial charge in [0.25, 0.3) is 0 Å². The third kappa shape index (κ3) is 2.67. The van der Waals surface area contributed by atoms with E-state index in [1.165, 1.54) is 13.8 Å². The zero-order valence-electron chi connectivity index (χ0n) is 10.8. The van der Waals surface area contributed by atoms with E-state index in [0.717, 1.165) is 12.1 Å². The minimum absolute atomic E-state index is 0.147. The predicted octanol–water partition coefficient (Wildman–Crippen LogP) is 2.57. The first-order chi connectivity index (χ1) is 8.18. The van der Waals surface area contributed by atoms with E-state index >= 15 is 0 Å². The van der Waals surface area contributed by atoms with E-state index < -0.39 is 23.1 Å². The molecule has 5 heteroatoms. The fourth-order valence-corrected chi connectivity index (χ4v) is 1.86. The maximum Gasteiger partial charge on any atom is 0.328 e. The maximum absolute atomic E-state index is 13.9. The molecule has 0 heterocycles. The number of nitrogens with one attached hydrogen (secondary N) is 1. The first kappa shape index (κ1) is 14.6. The molecule has 0 fully saturated rings. The molecule has 100 valence electrons. The van der Waals surface area contributed by atoms with Crippen LogP contribution in [0.1, 0.15) is 31.9 Å². The molecule has 0 saturated heterocycles. The Morgan fingerprint density at radius 3 is 2.33 bits per heavy atom. The van der Waals surface area contributed by atoms with Gasteiger partial charge >= 0.3 is 5.97 Å². The SMILES string of the molecule is Cc1cc(F)c(C(C)(NC(C)C)C(=O)O)cc1F. The Hall–Kier alpha value is -1.49. The van der Waals surface area contributed by atoms with E-state index in [0.29, 0.717) is 0 Å². The van der Waals surface area contributed by atoms with Gasteiger partial charge in [0.15, 0.2) is 0 Å². The van der Waals surface area contributed by atoms with Crippen molar-refractivity contribution in [3.05, 3.63) is 34.9 Å². The number of rotatable bonds is 4. The number of hydrogen-bond donors (Lipinski definition) is 2. The summed E-state index contributed by atoms with van der Waals surface area (Å²) in [5, 5.41) is 12.0. The Morgan fingerprint density at radius 1 is 1.33 bits per heavy atom. The van der Waals surface area contributed by atoms with Gasteiger partial charge in [0, 0.05) is 11.6 Å². The van der Waals surface area contributed by atoms with Crippen molar-refractivity contribution in [3.8, 4) is 0 Å². The molecule has 0 spiro atoms. The number of carbonyl (C=O) groups is 1. The Morgan fingerprint density at radius 2 is 1.89 bits per heavy atom. The average Bonchev–Trinajstić information content (AvgIpc) is 2.21. The Kier molecular flexibility index (Phi) is 4.06. The predicted molar refractivity (Wildman–Crippen MR) is 64.4 cm³/mol. The summed E-state index contributed by atoms with van der Waals surface area (Å²) < 4.78 is 27.4. The van der Waals surface area contributed by atoms with Crippen molar-refractivity contribution in [2.24, 2.45) is 0 Å². The van der Waals surface area contributed by atoms with Crippen molar-refractivity contribution in [1.29, 1.82) is 0 Å². The van der Waals surface area contributed by atoms with Crippen molar-refractivity contribution in [2.45, 2.75) is 39.3 Å². The van der Waals surface area contributed by atoms with Gasteiger partial charge in [0.2, 0.25) is 0 Å². The molecule has 1 aromatic rings. The number of carboxylic acid groups (broad SMARTS) is 1. The molecule has 0 amide bonds. The van der Waals surface area contributed by atoms with Crippen LogP contribution in [0.25, 0.3) is 0 Å². The quantitative estimate of drug-likeness (QED) is 0.871. The van der Waals surface area contributed by atoms with Crippen molar-refractivity contribution in [2.75, 3.05) is 0 Å². The highest BCUT2D eigenvalue weighted by atomic mass is 19.1. The smallest absolute Gasteiger partial charge is 0.328 e. The molecule has 0 aliphatic rings. The van der Waals surface area contributed by atoms with Crippen LogP contribution >= 0.6 is 0 Å². The van der Waals surface area contributed by atoms with Gasteiger partial charge in [-0.05, 0) is 45.4 Å².